The molecule has 0 saturated heterocycles. The van der Waals surface area contributed by atoms with Gasteiger partial charge < -0.3 is 10.4 Å². The summed E-state index contributed by atoms with van der Waals surface area (Å²) in [5, 5.41) is 26.7. The second-order valence-electron chi connectivity index (χ2n) is 4.42. The number of carboxylic acids is 1. The Morgan fingerprint density at radius 3 is 2.74 bits per heavy atom. The van der Waals surface area contributed by atoms with Gasteiger partial charge in [-0.2, -0.15) is 5.10 Å². The zero-order chi connectivity index (χ0) is 14.6. The van der Waals surface area contributed by atoms with Crippen LogP contribution in [0.4, 0.5) is 11.5 Å². The summed E-state index contributed by atoms with van der Waals surface area (Å²) in [5.41, 5.74) is 0.272. The normalized spacial score (nSPS) is 12.2. The number of carbonyl (C=O) groups is 1. The van der Waals surface area contributed by atoms with Gasteiger partial charge in [0.05, 0.1) is 4.92 Å². The van der Waals surface area contributed by atoms with Gasteiger partial charge in [-0.05, 0) is 12.8 Å². The van der Waals surface area contributed by atoms with Crippen molar-refractivity contribution in [2.45, 2.75) is 26.7 Å². The number of aromatic nitrogens is 2. The van der Waals surface area contributed by atoms with E-state index < -0.39 is 10.9 Å². The van der Waals surface area contributed by atoms with Gasteiger partial charge in [-0.3, -0.25) is 14.9 Å². The summed E-state index contributed by atoms with van der Waals surface area (Å²) in [6.07, 6.45) is 0.720. The Hall–Kier alpha value is -2.12. The van der Waals surface area contributed by atoms with Crippen LogP contribution < -0.4 is 5.32 Å². The number of hydrogen-bond acceptors (Lipinski definition) is 5. The predicted molar refractivity (Wildman–Crippen MR) is 69.1 cm³/mol. The third kappa shape index (κ3) is 3.67. The molecule has 0 aliphatic heterocycles. The van der Waals surface area contributed by atoms with Crippen molar-refractivity contribution in [3.63, 3.8) is 0 Å². The van der Waals surface area contributed by atoms with Gasteiger partial charge in [-0.15, -0.1) is 0 Å². The van der Waals surface area contributed by atoms with E-state index in [9.17, 15) is 14.9 Å². The van der Waals surface area contributed by atoms with Crippen molar-refractivity contribution in [1.29, 1.82) is 0 Å². The molecule has 0 bridgehead atoms. The average Bonchev–Trinajstić information content (AvgIpc) is 2.58. The molecule has 8 nitrogen and oxygen atoms in total. The summed E-state index contributed by atoms with van der Waals surface area (Å²) in [5.74, 6) is -0.636. The lowest BCUT2D eigenvalue weighted by molar-refractivity contribution is -0.384. The quantitative estimate of drug-likeness (QED) is 0.574. The van der Waals surface area contributed by atoms with Crippen LogP contribution in [0.3, 0.4) is 0 Å². The Labute approximate surface area is 110 Å². The number of nitrogens with zero attached hydrogens (tertiary/aromatic N) is 3. The first kappa shape index (κ1) is 14.9. The Kier molecular flexibility index (Phi) is 4.85. The highest BCUT2D eigenvalue weighted by Gasteiger charge is 2.24. The molecule has 0 fully saturated rings. The highest BCUT2D eigenvalue weighted by Crippen LogP contribution is 2.27. The van der Waals surface area contributed by atoms with E-state index >= 15 is 0 Å². The first-order valence-electron chi connectivity index (χ1n) is 6.00. The molecular weight excluding hydrogens is 252 g/mol. The van der Waals surface area contributed by atoms with Gasteiger partial charge in [0.2, 0.25) is 5.82 Å². The molecule has 0 spiro atoms. The topological polar surface area (TPSA) is 110 Å². The number of aliphatic carboxylic acids is 1. The van der Waals surface area contributed by atoms with E-state index in [2.05, 4.69) is 10.4 Å². The summed E-state index contributed by atoms with van der Waals surface area (Å²) in [4.78, 5) is 21.2. The maximum Gasteiger partial charge on any atom is 0.333 e. The number of rotatable bonds is 7. The van der Waals surface area contributed by atoms with Crippen molar-refractivity contribution >= 4 is 17.5 Å². The van der Waals surface area contributed by atoms with Crippen LogP contribution >= 0.6 is 0 Å². The summed E-state index contributed by atoms with van der Waals surface area (Å²) in [7, 11) is 1.61. The number of nitrogens with one attached hydrogen (secondary N) is 1. The van der Waals surface area contributed by atoms with Gasteiger partial charge in [-0.25, -0.2) is 4.68 Å². The zero-order valence-electron chi connectivity index (χ0n) is 11.2. The van der Waals surface area contributed by atoms with E-state index in [0.29, 0.717) is 24.5 Å². The molecule has 0 amide bonds. The van der Waals surface area contributed by atoms with Crippen LogP contribution in [0.25, 0.3) is 0 Å². The fourth-order valence-corrected chi connectivity index (χ4v) is 1.91. The number of aryl methyl sites for hydroxylation is 2. The summed E-state index contributed by atoms with van der Waals surface area (Å²) in [6.45, 7) is 3.82. The van der Waals surface area contributed by atoms with Crippen LogP contribution in [0.1, 0.15) is 25.5 Å². The summed E-state index contributed by atoms with van der Waals surface area (Å²) >= 11 is 0. The van der Waals surface area contributed by atoms with Gasteiger partial charge in [0.25, 0.3) is 0 Å². The zero-order valence-corrected chi connectivity index (χ0v) is 11.2. The van der Waals surface area contributed by atoms with Crippen molar-refractivity contribution in [3.8, 4) is 0 Å². The third-order valence-corrected chi connectivity index (χ3v) is 2.97. The number of nitro groups is 1. The molecule has 0 radical (unpaired) electrons. The second kappa shape index (κ2) is 6.17. The minimum Gasteiger partial charge on any atom is -0.481 e. The van der Waals surface area contributed by atoms with Crippen LogP contribution in [-0.2, 0) is 11.8 Å². The van der Waals surface area contributed by atoms with Crippen molar-refractivity contribution in [2.75, 3.05) is 11.9 Å². The Bertz CT molecular complexity index is 483. The number of anilines is 1. The molecule has 1 atom stereocenters. The van der Waals surface area contributed by atoms with Crippen molar-refractivity contribution in [2.24, 2.45) is 13.0 Å². The van der Waals surface area contributed by atoms with E-state index in [1.165, 1.54) is 4.68 Å². The predicted octanol–water partition coefficient (Wildman–Crippen LogP) is 1.55. The monoisotopic (exact) mass is 270 g/mol. The smallest absolute Gasteiger partial charge is 0.333 e. The first-order chi connectivity index (χ1) is 8.86. The molecule has 0 aromatic carbocycles. The highest BCUT2D eigenvalue weighted by molar-refractivity contribution is 5.67. The molecule has 1 unspecified atom stereocenters. The van der Waals surface area contributed by atoms with Gasteiger partial charge in [0.1, 0.15) is 5.69 Å². The highest BCUT2D eigenvalue weighted by atomic mass is 16.6. The third-order valence-electron chi connectivity index (χ3n) is 2.97. The van der Waals surface area contributed by atoms with Crippen molar-refractivity contribution in [3.05, 3.63) is 15.8 Å². The molecule has 0 aliphatic carbocycles. The first-order valence-corrected chi connectivity index (χ1v) is 6.00. The maximum atomic E-state index is 11.0. The average molecular weight is 270 g/mol. The fourth-order valence-electron chi connectivity index (χ4n) is 1.91. The largest absolute Gasteiger partial charge is 0.481 e. The molecule has 1 aromatic heterocycles. The molecule has 1 aromatic rings. The minimum absolute atomic E-state index is 0.0358. The number of carboxylic acid groups (broad SMARTS) is 1. The van der Waals surface area contributed by atoms with Gasteiger partial charge in [-0.1, -0.05) is 13.3 Å². The Morgan fingerprint density at radius 2 is 2.26 bits per heavy atom. The molecule has 0 saturated carbocycles. The van der Waals surface area contributed by atoms with E-state index in [-0.39, 0.29) is 18.0 Å². The van der Waals surface area contributed by atoms with Crippen LogP contribution in [0, 0.1) is 23.0 Å². The summed E-state index contributed by atoms with van der Waals surface area (Å²) in [6, 6.07) is 0. The minimum atomic E-state index is -0.871. The van der Waals surface area contributed by atoms with Crippen LogP contribution in [-0.4, -0.2) is 32.3 Å². The standard InChI is InChI=1S/C11H18N4O4/c1-4-8(5-9(16)17)6-12-11-10(15(18)19)7(2)13-14(11)3/h8,12H,4-6H2,1-3H3,(H,16,17). The molecule has 0 aliphatic rings. The lowest BCUT2D eigenvalue weighted by Crippen LogP contribution is -2.19. The van der Waals surface area contributed by atoms with Crippen LogP contribution in [0.2, 0.25) is 0 Å². The van der Waals surface area contributed by atoms with E-state index in [4.69, 9.17) is 5.11 Å². The number of hydrogen-bond donors (Lipinski definition) is 2. The van der Waals surface area contributed by atoms with Crippen LogP contribution in [0.15, 0.2) is 0 Å². The Balaban J connectivity index is 2.82. The molecule has 1 heterocycles. The molecule has 19 heavy (non-hydrogen) atoms. The van der Waals surface area contributed by atoms with Crippen molar-refractivity contribution in [1.82, 2.24) is 9.78 Å². The molecule has 8 heteroatoms. The Morgan fingerprint density at radius 1 is 1.63 bits per heavy atom. The molecule has 2 N–H and O–H groups in total. The maximum absolute atomic E-state index is 11.0. The van der Waals surface area contributed by atoms with E-state index in [1.54, 1.807) is 14.0 Å². The van der Waals surface area contributed by atoms with Crippen molar-refractivity contribution < 1.29 is 14.8 Å². The van der Waals surface area contributed by atoms with E-state index in [0.717, 1.165) is 0 Å². The molecule has 106 valence electrons. The lowest BCUT2D eigenvalue weighted by atomic mass is 10.0. The molecular formula is C11H18N4O4. The summed E-state index contributed by atoms with van der Waals surface area (Å²) < 4.78 is 1.40. The van der Waals surface area contributed by atoms with Gasteiger partial charge in [0.15, 0.2) is 0 Å². The fraction of sp³-hybridized carbons (Fsp3) is 0.636. The molecule has 1 rings (SSSR count). The van der Waals surface area contributed by atoms with Crippen LogP contribution in [0.5, 0.6) is 0 Å². The SMILES string of the molecule is CCC(CNc1c([N+](=O)[O-])c(C)nn1C)CC(=O)O. The second-order valence-corrected chi connectivity index (χ2v) is 4.42. The van der Waals surface area contributed by atoms with E-state index in [1.807, 2.05) is 6.92 Å². The lowest BCUT2D eigenvalue weighted by Gasteiger charge is -2.13. The van der Waals surface area contributed by atoms with Gasteiger partial charge in [0, 0.05) is 20.0 Å². The van der Waals surface area contributed by atoms with Gasteiger partial charge >= 0.3 is 11.7 Å².